The number of hydrogen-bond donors (Lipinski definition) is 1. The maximum atomic E-state index is 12.9. The second kappa shape index (κ2) is 73.3. The standard InChI is InChI=1S/C86H134NO8P/c1-6-8-10-12-14-16-18-20-22-24-26-28-30-32-34-36-38-39-40-41-42-43-44-45-46-47-49-51-53-55-57-59-61-63-65-67-69-71-73-75-77-79-86(89)95-84(83-94-96(90,91)93-81-80-87(3,4)5)82-92-85(88)78-76-74-72-70-68-66-64-62-60-58-56-54-52-50-48-37-35-33-31-29-27-25-23-21-19-17-15-13-11-9-7-2/h8-11,14-17,20-23,26-29,32-35,38-39,41-42,44-45,47-50,53-56,59-62,84H,6-7,12-13,18-19,24-25,30-31,36-37,40,43,46,51-52,57-58,63-83H2,1-5H3/p+1/b10-8-,11-9-,16-14-,17-15-,22-20-,23-21-,28-26-,29-27-,34-32-,35-33-,39-38-,42-41-,45-44-,49-47-,50-48-,55-53-,56-54-,61-59-,62-60-. The number of carbonyl (C=O) groups excluding carboxylic acids is 2. The lowest BCUT2D eigenvalue weighted by molar-refractivity contribution is -0.870. The predicted molar refractivity (Wildman–Crippen MR) is 417 cm³/mol. The topological polar surface area (TPSA) is 108 Å². The number of nitrogens with zero attached hydrogens (tertiary/aromatic N) is 1. The van der Waals surface area contributed by atoms with Crippen LogP contribution in [0.3, 0.4) is 0 Å². The van der Waals surface area contributed by atoms with E-state index in [1.807, 2.05) is 21.1 Å². The van der Waals surface area contributed by atoms with Gasteiger partial charge in [-0.3, -0.25) is 18.6 Å². The van der Waals surface area contributed by atoms with Gasteiger partial charge in [-0.25, -0.2) is 4.57 Å². The number of rotatable bonds is 65. The zero-order chi connectivity index (χ0) is 69.7. The summed E-state index contributed by atoms with van der Waals surface area (Å²) < 4.78 is 34.7. The van der Waals surface area contributed by atoms with E-state index in [2.05, 4.69) is 245 Å². The van der Waals surface area contributed by atoms with Crippen LogP contribution in [0.2, 0.25) is 0 Å². The van der Waals surface area contributed by atoms with Crippen LogP contribution >= 0.6 is 7.82 Å². The first kappa shape index (κ1) is 90.1. The molecule has 0 rings (SSSR count). The molecule has 0 bridgehead atoms. The van der Waals surface area contributed by atoms with Gasteiger partial charge in [0.2, 0.25) is 0 Å². The van der Waals surface area contributed by atoms with Crippen LogP contribution in [0, 0.1) is 0 Å². The molecule has 0 aromatic heterocycles. The Morgan fingerprint density at radius 1 is 0.323 bits per heavy atom. The van der Waals surface area contributed by atoms with E-state index in [0.717, 1.165) is 193 Å². The summed E-state index contributed by atoms with van der Waals surface area (Å²) in [6.45, 7) is 4.14. The molecule has 1 N–H and O–H groups in total. The van der Waals surface area contributed by atoms with Crippen LogP contribution in [0.1, 0.15) is 245 Å². The van der Waals surface area contributed by atoms with Gasteiger partial charge in [-0.1, -0.05) is 303 Å². The second-order valence-corrected chi connectivity index (χ2v) is 26.3. The normalized spacial score (nSPS) is 14.4. The SMILES string of the molecule is CC/C=C\C/C=C\C/C=C\C/C=C\C/C=C\C/C=C\C/C=C\C/C=C\C/C=C\C/C=C\C/C=C\CCCCCCCCCC(=O)OC(COC(=O)CCCCCCCC/C=C\C/C=C\C/C=C\C/C=C\C/C=C\C/C=C\C/C=C\C/C=C\CC)COP(=O)(O)OCC[N+](C)(C)C. The Labute approximate surface area is 588 Å². The molecule has 0 spiro atoms. The van der Waals surface area contributed by atoms with Gasteiger partial charge in [0.05, 0.1) is 27.7 Å². The fourth-order valence-electron chi connectivity index (χ4n) is 9.09. The van der Waals surface area contributed by atoms with Crippen LogP contribution in [0.25, 0.3) is 0 Å². The average molecular weight is 1340 g/mol. The van der Waals surface area contributed by atoms with Crippen molar-refractivity contribution in [2.75, 3.05) is 47.5 Å². The monoisotopic (exact) mass is 1340 g/mol. The summed E-state index contributed by atoms with van der Waals surface area (Å²) in [4.78, 5) is 35.9. The molecule has 0 heterocycles. The van der Waals surface area contributed by atoms with Gasteiger partial charge >= 0.3 is 19.8 Å². The number of ether oxygens (including phenoxy) is 2. The summed E-state index contributed by atoms with van der Waals surface area (Å²) >= 11 is 0. The van der Waals surface area contributed by atoms with E-state index in [9.17, 15) is 19.0 Å². The van der Waals surface area contributed by atoms with Gasteiger partial charge in [-0.15, -0.1) is 0 Å². The Bertz CT molecular complexity index is 2480. The number of hydrogen-bond acceptors (Lipinski definition) is 7. The Balaban J connectivity index is 4.19. The van der Waals surface area contributed by atoms with Crippen molar-refractivity contribution in [3.05, 3.63) is 231 Å². The molecule has 0 aliphatic carbocycles. The second-order valence-electron chi connectivity index (χ2n) is 24.9. The maximum Gasteiger partial charge on any atom is 0.472 e. The van der Waals surface area contributed by atoms with Gasteiger partial charge in [0.1, 0.15) is 19.8 Å². The van der Waals surface area contributed by atoms with Crippen molar-refractivity contribution in [2.24, 2.45) is 0 Å². The number of likely N-dealkylation sites (N-methyl/N-ethyl adjacent to an activating group) is 1. The molecule has 0 amide bonds. The first-order valence-corrected chi connectivity index (χ1v) is 38.6. The first-order chi connectivity index (χ1) is 47.0. The molecular weight excluding hydrogens is 1210 g/mol. The number of unbranched alkanes of at least 4 members (excludes halogenated alkanes) is 13. The zero-order valence-corrected chi connectivity index (χ0v) is 61.9. The molecule has 0 aromatic rings. The summed E-state index contributed by atoms with van der Waals surface area (Å²) in [5.41, 5.74) is 0. The third kappa shape index (κ3) is 77.1. The summed E-state index contributed by atoms with van der Waals surface area (Å²) in [6, 6.07) is 0. The quantitative estimate of drug-likeness (QED) is 0.0211. The molecule has 2 unspecified atom stereocenters. The summed E-state index contributed by atoms with van der Waals surface area (Å²) in [6.07, 6.45) is 119. The lowest BCUT2D eigenvalue weighted by Crippen LogP contribution is -2.37. The van der Waals surface area contributed by atoms with Crippen molar-refractivity contribution >= 4 is 19.8 Å². The minimum atomic E-state index is -4.42. The van der Waals surface area contributed by atoms with Crippen molar-refractivity contribution in [1.29, 1.82) is 0 Å². The number of allylic oxidation sites excluding steroid dienone is 38. The van der Waals surface area contributed by atoms with Gasteiger partial charge in [0.25, 0.3) is 0 Å². The van der Waals surface area contributed by atoms with Crippen molar-refractivity contribution in [1.82, 2.24) is 0 Å². The highest BCUT2D eigenvalue weighted by atomic mass is 31.2. The van der Waals surface area contributed by atoms with Crippen molar-refractivity contribution in [3.63, 3.8) is 0 Å². The molecule has 9 nitrogen and oxygen atoms in total. The predicted octanol–water partition coefficient (Wildman–Crippen LogP) is 24.9. The molecule has 0 saturated carbocycles. The Morgan fingerprint density at radius 2 is 0.562 bits per heavy atom. The molecule has 0 aromatic carbocycles. The molecule has 96 heavy (non-hydrogen) atoms. The van der Waals surface area contributed by atoms with Gasteiger partial charge in [-0.2, -0.15) is 0 Å². The third-order valence-corrected chi connectivity index (χ3v) is 15.7. The molecule has 2 atom stereocenters. The summed E-state index contributed by atoms with van der Waals surface area (Å²) in [7, 11) is 1.43. The van der Waals surface area contributed by atoms with E-state index in [1.165, 1.54) is 12.8 Å². The van der Waals surface area contributed by atoms with Crippen LogP contribution in [-0.2, 0) is 32.7 Å². The molecule has 10 heteroatoms. The first-order valence-electron chi connectivity index (χ1n) is 37.1. The smallest absolute Gasteiger partial charge is 0.462 e. The van der Waals surface area contributed by atoms with Crippen molar-refractivity contribution in [3.8, 4) is 0 Å². The highest BCUT2D eigenvalue weighted by Crippen LogP contribution is 2.43. The van der Waals surface area contributed by atoms with Crippen LogP contribution in [0.4, 0.5) is 0 Å². The van der Waals surface area contributed by atoms with Gasteiger partial charge < -0.3 is 18.9 Å². The summed E-state index contributed by atoms with van der Waals surface area (Å²) in [5.74, 6) is -0.845. The van der Waals surface area contributed by atoms with Gasteiger partial charge in [-0.05, 0) is 161 Å². The van der Waals surface area contributed by atoms with Crippen LogP contribution in [-0.4, -0.2) is 74.9 Å². The number of quaternary nitrogens is 1. The third-order valence-electron chi connectivity index (χ3n) is 14.7. The van der Waals surface area contributed by atoms with E-state index >= 15 is 0 Å². The van der Waals surface area contributed by atoms with E-state index in [-0.39, 0.29) is 26.1 Å². The van der Waals surface area contributed by atoms with Crippen LogP contribution in [0.15, 0.2) is 231 Å². The summed E-state index contributed by atoms with van der Waals surface area (Å²) in [5, 5.41) is 0. The Morgan fingerprint density at radius 3 is 0.833 bits per heavy atom. The lowest BCUT2D eigenvalue weighted by Gasteiger charge is -2.24. The molecule has 0 aliphatic rings. The van der Waals surface area contributed by atoms with Gasteiger partial charge in [0, 0.05) is 12.8 Å². The van der Waals surface area contributed by atoms with Crippen molar-refractivity contribution in [2.45, 2.75) is 251 Å². The lowest BCUT2D eigenvalue weighted by atomic mass is 10.1. The molecule has 0 saturated heterocycles. The zero-order valence-electron chi connectivity index (χ0n) is 61.0. The molecule has 536 valence electrons. The largest absolute Gasteiger partial charge is 0.472 e. The van der Waals surface area contributed by atoms with Crippen LogP contribution in [0.5, 0.6) is 0 Å². The molecule has 0 fully saturated rings. The molecule has 0 aliphatic heterocycles. The van der Waals surface area contributed by atoms with E-state index in [1.54, 1.807) is 0 Å². The Hall–Kier alpha value is -5.93. The highest BCUT2D eigenvalue weighted by molar-refractivity contribution is 7.47. The number of phosphoric acid groups is 1. The van der Waals surface area contributed by atoms with Crippen molar-refractivity contribution < 1.29 is 42.1 Å². The van der Waals surface area contributed by atoms with E-state index < -0.39 is 32.5 Å². The number of carbonyl (C=O) groups is 2. The number of esters is 2. The maximum absolute atomic E-state index is 12.9. The fraction of sp³-hybridized carbons (Fsp3) is 0.535. The minimum absolute atomic E-state index is 0.0136. The van der Waals surface area contributed by atoms with Gasteiger partial charge in [0.15, 0.2) is 6.10 Å². The van der Waals surface area contributed by atoms with Crippen LogP contribution < -0.4 is 0 Å². The Kier molecular flexibility index (Phi) is 68.8. The van der Waals surface area contributed by atoms with E-state index in [0.29, 0.717) is 23.9 Å². The van der Waals surface area contributed by atoms with E-state index in [4.69, 9.17) is 18.5 Å². The molecule has 0 radical (unpaired) electrons. The number of phosphoric ester groups is 1. The minimum Gasteiger partial charge on any atom is -0.462 e. The molecular formula is C86H135NO8P+. The fourth-order valence-corrected chi connectivity index (χ4v) is 9.84. The highest BCUT2D eigenvalue weighted by Gasteiger charge is 2.27. The average Bonchev–Trinajstić information content (AvgIpc) is 2.54.